The number of phosphoric acid groups is 1. The molecule has 0 aromatic rings. The Kier molecular flexibility index (Phi) is 52.3. The minimum absolute atomic E-state index is 0.0456. The summed E-state index contributed by atoms with van der Waals surface area (Å²) in [5.41, 5.74) is 0. The van der Waals surface area contributed by atoms with Gasteiger partial charge in [-0.1, -0.05) is 272 Å². The SMILES string of the molecule is CC/C=C\C/C=C\C/C=C\C/C=C\C/C=C\C/C=C\C/C=C\CCCC(=O)NC(COP(=O)(O)OCC[N+](C)(C)C)C(O)/C=C/CCCCCCCCCCCCCCCCCCCCCCCCCCCC. The zero-order chi connectivity index (χ0) is 53.5. The van der Waals surface area contributed by atoms with E-state index in [1.165, 1.54) is 154 Å². The number of nitrogens with zero attached hydrogens (tertiary/aromatic N) is 1. The molecule has 0 radical (unpaired) electrons. The smallest absolute Gasteiger partial charge is 0.387 e. The number of likely N-dealkylation sites (N-methyl/N-ethyl adjacent to an activating group) is 1. The Morgan fingerprint density at radius 3 is 1.19 bits per heavy atom. The summed E-state index contributed by atoms with van der Waals surface area (Å²) in [4.78, 5) is 23.3. The highest BCUT2D eigenvalue weighted by Gasteiger charge is 2.27. The Hall–Kier alpha value is -2.58. The van der Waals surface area contributed by atoms with Crippen molar-refractivity contribution in [3.05, 3.63) is 97.2 Å². The Morgan fingerprint density at radius 2 is 0.822 bits per heavy atom. The molecule has 0 rings (SSSR count). The number of unbranched alkanes of at least 4 members (excludes halogenated alkanes) is 27. The minimum atomic E-state index is -4.37. The van der Waals surface area contributed by atoms with Crippen LogP contribution in [0.25, 0.3) is 0 Å². The van der Waals surface area contributed by atoms with Crippen molar-refractivity contribution < 1.29 is 32.9 Å². The average molecular weight is 1040 g/mol. The lowest BCUT2D eigenvalue weighted by molar-refractivity contribution is -0.870. The zero-order valence-electron chi connectivity index (χ0n) is 48.1. The summed E-state index contributed by atoms with van der Waals surface area (Å²) in [6.07, 6.45) is 78.2. The van der Waals surface area contributed by atoms with Gasteiger partial charge in [-0.05, 0) is 70.6 Å². The average Bonchev–Trinajstić information content (AvgIpc) is 3.35. The Morgan fingerprint density at radius 1 is 0.479 bits per heavy atom. The molecule has 9 heteroatoms. The van der Waals surface area contributed by atoms with Gasteiger partial charge in [-0.25, -0.2) is 4.57 Å². The van der Waals surface area contributed by atoms with Gasteiger partial charge >= 0.3 is 7.82 Å². The van der Waals surface area contributed by atoms with Gasteiger partial charge in [-0.15, -0.1) is 0 Å². The normalized spacial score (nSPS) is 14.6. The number of carbonyl (C=O) groups excluding carboxylic acids is 1. The lowest BCUT2D eigenvalue weighted by Crippen LogP contribution is -2.45. The van der Waals surface area contributed by atoms with Gasteiger partial charge in [0.2, 0.25) is 5.91 Å². The molecule has 0 aliphatic rings. The lowest BCUT2D eigenvalue weighted by Gasteiger charge is -2.25. The van der Waals surface area contributed by atoms with Crippen molar-refractivity contribution in [3.63, 3.8) is 0 Å². The highest BCUT2D eigenvalue weighted by molar-refractivity contribution is 7.47. The molecule has 0 bridgehead atoms. The third kappa shape index (κ3) is 57.0. The third-order valence-corrected chi connectivity index (χ3v) is 14.0. The molecule has 3 unspecified atom stereocenters. The number of aliphatic hydroxyl groups is 1. The van der Waals surface area contributed by atoms with Crippen LogP contribution < -0.4 is 5.32 Å². The molecule has 0 aliphatic carbocycles. The lowest BCUT2D eigenvalue weighted by atomic mass is 10.0. The van der Waals surface area contributed by atoms with Crippen LogP contribution in [0.1, 0.15) is 251 Å². The van der Waals surface area contributed by atoms with Gasteiger partial charge in [-0.2, -0.15) is 0 Å². The van der Waals surface area contributed by atoms with Crippen molar-refractivity contribution in [2.45, 2.75) is 264 Å². The molecule has 0 spiro atoms. The second kappa shape index (κ2) is 54.2. The van der Waals surface area contributed by atoms with Crippen LogP contribution in [0.5, 0.6) is 0 Å². The molecule has 422 valence electrons. The van der Waals surface area contributed by atoms with E-state index >= 15 is 0 Å². The molecule has 0 saturated carbocycles. The number of amides is 1. The fourth-order valence-corrected chi connectivity index (χ4v) is 9.12. The standard InChI is InChI=1S/C64H115N2O6P/c1-6-8-10-12-14-16-18-20-22-24-26-28-30-31-32-33-34-36-37-39-41-43-45-47-49-51-53-55-57-63(67)62(61-72-73(69,70)71-60-59-66(3,4)5)65-64(68)58-56-54-52-50-48-46-44-42-40-38-35-29-27-25-23-21-19-17-15-13-11-9-7-2/h9,11,15,17,21,23,27,29,38,40,44,46,50,52,55,57,62-63,67H,6-8,10,12-14,16,18-20,22,24-26,28,30-37,39,41-43,45,47-49,51,53-54,56,58-61H2,1-5H3,(H-,65,68,69,70)/p+1/b11-9-,17-15-,23-21-,29-27-,40-38-,46-44-,52-50-,57-55+. The molecule has 0 aliphatic heterocycles. The van der Waals surface area contributed by atoms with Crippen LogP contribution in [0.15, 0.2) is 97.2 Å². The second-order valence-corrected chi connectivity index (χ2v) is 22.8. The van der Waals surface area contributed by atoms with E-state index < -0.39 is 20.0 Å². The minimum Gasteiger partial charge on any atom is -0.387 e. The zero-order valence-corrected chi connectivity index (χ0v) is 49.0. The third-order valence-electron chi connectivity index (χ3n) is 13.1. The van der Waals surface area contributed by atoms with Gasteiger partial charge in [0.15, 0.2) is 0 Å². The molecule has 3 N–H and O–H groups in total. The first-order valence-corrected chi connectivity index (χ1v) is 31.6. The number of hydrogen-bond acceptors (Lipinski definition) is 5. The van der Waals surface area contributed by atoms with Gasteiger partial charge in [0.05, 0.1) is 39.9 Å². The fourth-order valence-electron chi connectivity index (χ4n) is 8.39. The molecule has 0 saturated heterocycles. The van der Waals surface area contributed by atoms with Crippen LogP contribution in [0.3, 0.4) is 0 Å². The van der Waals surface area contributed by atoms with Crippen molar-refractivity contribution in [2.24, 2.45) is 0 Å². The Labute approximate surface area is 451 Å². The van der Waals surface area contributed by atoms with Crippen molar-refractivity contribution in [1.82, 2.24) is 5.32 Å². The van der Waals surface area contributed by atoms with Crippen LogP contribution in [0.2, 0.25) is 0 Å². The maximum absolute atomic E-state index is 13.0. The number of allylic oxidation sites excluding steroid dienone is 15. The first-order valence-electron chi connectivity index (χ1n) is 30.1. The highest BCUT2D eigenvalue weighted by Crippen LogP contribution is 2.43. The summed E-state index contributed by atoms with van der Waals surface area (Å²) >= 11 is 0. The van der Waals surface area contributed by atoms with Crippen molar-refractivity contribution in [1.29, 1.82) is 0 Å². The summed E-state index contributed by atoms with van der Waals surface area (Å²) < 4.78 is 23.7. The van der Waals surface area contributed by atoms with Crippen molar-refractivity contribution in [2.75, 3.05) is 40.9 Å². The summed E-state index contributed by atoms with van der Waals surface area (Å²) in [6.45, 7) is 4.67. The number of hydrogen-bond donors (Lipinski definition) is 3. The van der Waals surface area contributed by atoms with E-state index in [2.05, 4.69) is 104 Å². The van der Waals surface area contributed by atoms with E-state index in [0.29, 0.717) is 17.4 Å². The summed E-state index contributed by atoms with van der Waals surface area (Å²) in [7, 11) is 1.53. The fraction of sp³-hybridized carbons (Fsp3) is 0.734. The van der Waals surface area contributed by atoms with Crippen LogP contribution in [0, 0.1) is 0 Å². The predicted octanol–water partition coefficient (Wildman–Crippen LogP) is 18.6. The molecule has 0 aromatic carbocycles. The summed E-state index contributed by atoms with van der Waals surface area (Å²) in [6, 6.07) is -0.885. The van der Waals surface area contributed by atoms with Crippen LogP contribution >= 0.6 is 7.82 Å². The molecule has 8 nitrogen and oxygen atoms in total. The quantitative estimate of drug-likeness (QED) is 0.0243. The van der Waals surface area contributed by atoms with E-state index in [1.54, 1.807) is 6.08 Å². The number of nitrogens with one attached hydrogen (secondary N) is 1. The maximum atomic E-state index is 13.0. The Balaban J connectivity index is 4.29. The highest BCUT2D eigenvalue weighted by atomic mass is 31.2. The number of aliphatic hydroxyl groups excluding tert-OH is 1. The second-order valence-electron chi connectivity index (χ2n) is 21.3. The number of phosphoric ester groups is 1. The molecule has 0 heterocycles. The van der Waals surface area contributed by atoms with Gasteiger partial charge < -0.3 is 19.8 Å². The van der Waals surface area contributed by atoms with Crippen LogP contribution in [-0.4, -0.2) is 73.4 Å². The van der Waals surface area contributed by atoms with E-state index in [4.69, 9.17) is 9.05 Å². The van der Waals surface area contributed by atoms with Gasteiger partial charge in [0.25, 0.3) is 0 Å². The van der Waals surface area contributed by atoms with Gasteiger partial charge in [0.1, 0.15) is 13.2 Å². The van der Waals surface area contributed by atoms with Gasteiger partial charge in [0, 0.05) is 6.42 Å². The first kappa shape index (κ1) is 70.4. The van der Waals surface area contributed by atoms with Gasteiger partial charge in [-0.3, -0.25) is 13.8 Å². The Bertz CT molecular complexity index is 1510. The summed E-state index contributed by atoms with van der Waals surface area (Å²) in [5, 5.41) is 13.9. The molecule has 1 amide bonds. The maximum Gasteiger partial charge on any atom is 0.472 e. The topological polar surface area (TPSA) is 105 Å². The van der Waals surface area contributed by atoms with Crippen LogP contribution in [-0.2, 0) is 18.4 Å². The van der Waals surface area contributed by atoms with E-state index in [0.717, 1.165) is 70.6 Å². The van der Waals surface area contributed by atoms with Crippen molar-refractivity contribution in [3.8, 4) is 0 Å². The molecular weight excluding hydrogens is 924 g/mol. The predicted molar refractivity (Wildman–Crippen MR) is 318 cm³/mol. The first-order chi connectivity index (χ1) is 35.5. The molecule has 0 fully saturated rings. The monoisotopic (exact) mass is 1040 g/mol. The largest absolute Gasteiger partial charge is 0.472 e. The molecule has 73 heavy (non-hydrogen) atoms. The number of quaternary nitrogens is 1. The van der Waals surface area contributed by atoms with E-state index in [9.17, 15) is 19.4 Å². The van der Waals surface area contributed by atoms with E-state index in [-0.39, 0.29) is 25.5 Å². The van der Waals surface area contributed by atoms with Crippen molar-refractivity contribution >= 4 is 13.7 Å². The summed E-state index contributed by atoms with van der Waals surface area (Å²) in [5.74, 6) is -0.236. The number of rotatable bonds is 54. The number of carbonyl (C=O) groups is 1. The molecule has 3 atom stereocenters. The van der Waals surface area contributed by atoms with E-state index in [1.807, 2.05) is 27.2 Å². The molecule has 0 aromatic heterocycles. The van der Waals surface area contributed by atoms with Crippen LogP contribution in [0.4, 0.5) is 0 Å². The molecular formula is C64H116N2O6P+.